The van der Waals surface area contributed by atoms with E-state index in [9.17, 15) is 5.26 Å². The van der Waals surface area contributed by atoms with Crippen LogP contribution in [0.5, 0.6) is 0 Å². The Bertz CT molecular complexity index is 1910. The number of hydrogen-bond acceptors (Lipinski definition) is 3. The van der Waals surface area contributed by atoms with Crippen molar-refractivity contribution in [2.45, 2.75) is 33.1 Å². The SMILES string of the molecule is C/C=C\C1=C(C)CCC(N(c2ccc(-c3ccc(N(C)C4=CCC(C#N)=CC=C4)cc3)cc2)c2ccc3ccccc3c2)=C1. The Balaban J connectivity index is 1.30. The van der Waals surface area contributed by atoms with Crippen molar-refractivity contribution < 1.29 is 0 Å². The van der Waals surface area contributed by atoms with E-state index in [-0.39, 0.29) is 0 Å². The van der Waals surface area contributed by atoms with Crippen molar-refractivity contribution in [3.63, 3.8) is 0 Å². The third-order valence-electron chi connectivity index (χ3n) is 8.54. The van der Waals surface area contributed by atoms with Crippen molar-refractivity contribution in [3.8, 4) is 17.2 Å². The molecule has 0 bridgehead atoms. The summed E-state index contributed by atoms with van der Waals surface area (Å²) >= 11 is 0. The number of hydrogen-bond donors (Lipinski definition) is 0. The molecule has 0 saturated carbocycles. The standard InChI is InChI=1S/C41H37N3/c1-4-8-35-27-40(20-13-30(35)2)44(41-26-19-32-10-5-6-11-36(32)28-41)39-24-17-34(18-25-39)33-15-22-38(23-16-33)43(3)37-12-7-9-31(29-42)14-21-37/h4-12,15-19,21-28H,13-14,20H2,1-3H3/b8-4-. The Morgan fingerprint density at radius 2 is 1.48 bits per heavy atom. The summed E-state index contributed by atoms with van der Waals surface area (Å²) in [6, 6.07) is 35.2. The van der Waals surface area contributed by atoms with Crippen LogP contribution in [-0.4, -0.2) is 7.05 Å². The summed E-state index contributed by atoms with van der Waals surface area (Å²) in [6.07, 6.45) is 17.4. The van der Waals surface area contributed by atoms with Crippen molar-refractivity contribution in [1.29, 1.82) is 5.26 Å². The van der Waals surface area contributed by atoms with E-state index in [0.29, 0.717) is 6.42 Å². The fraction of sp³-hybridized carbons (Fsp3) is 0.146. The number of anilines is 3. The number of rotatable bonds is 7. The monoisotopic (exact) mass is 571 g/mol. The van der Waals surface area contributed by atoms with E-state index in [1.807, 2.05) is 12.2 Å². The van der Waals surface area contributed by atoms with Gasteiger partial charge in [0.05, 0.1) is 6.07 Å². The van der Waals surface area contributed by atoms with E-state index in [4.69, 9.17) is 0 Å². The normalized spacial score (nSPS) is 15.0. The number of benzene rings is 4. The van der Waals surface area contributed by atoms with E-state index in [1.54, 1.807) is 0 Å². The van der Waals surface area contributed by atoms with Gasteiger partial charge in [0.2, 0.25) is 0 Å². The van der Waals surface area contributed by atoms with Crippen LogP contribution in [0.4, 0.5) is 17.1 Å². The van der Waals surface area contributed by atoms with Crippen molar-refractivity contribution in [2.24, 2.45) is 0 Å². The second-order valence-corrected chi connectivity index (χ2v) is 11.4. The molecule has 3 nitrogen and oxygen atoms in total. The molecule has 44 heavy (non-hydrogen) atoms. The molecule has 6 rings (SSSR count). The zero-order valence-electron chi connectivity index (χ0n) is 25.7. The van der Waals surface area contributed by atoms with Gasteiger partial charge in [0.15, 0.2) is 0 Å². The smallest absolute Gasteiger partial charge is 0.0950 e. The maximum atomic E-state index is 9.24. The maximum Gasteiger partial charge on any atom is 0.0950 e. The van der Waals surface area contributed by atoms with Gasteiger partial charge < -0.3 is 9.80 Å². The zero-order valence-corrected chi connectivity index (χ0v) is 25.7. The van der Waals surface area contributed by atoms with Gasteiger partial charge in [0.1, 0.15) is 0 Å². The highest BCUT2D eigenvalue weighted by atomic mass is 15.1. The summed E-state index contributed by atoms with van der Waals surface area (Å²) in [5, 5.41) is 11.7. The highest BCUT2D eigenvalue weighted by Gasteiger charge is 2.19. The van der Waals surface area contributed by atoms with Gasteiger partial charge in [-0.15, -0.1) is 0 Å². The van der Waals surface area contributed by atoms with Crippen LogP contribution in [0.15, 0.2) is 162 Å². The highest BCUT2D eigenvalue weighted by Crippen LogP contribution is 2.38. The van der Waals surface area contributed by atoms with Gasteiger partial charge in [-0.3, -0.25) is 0 Å². The predicted octanol–water partition coefficient (Wildman–Crippen LogP) is 10.9. The lowest BCUT2D eigenvalue weighted by molar-refractivity contribution is 0.865. The number of fused-ring (bicyclic) bond motifs is 1. The van der Waals surface area contributed by atoms with Crippen LogP contribution < -0.4 is 9.80 Å². The van der Waals surface area contributed by atoms with Gasteiger partial charge in [-0.2, -0.15) is 5.26 Å². The molecule has 0 aromatic heterocycles. The van der Waals surface area contributed by atoms with Crippen LogP contribution in [0.1, 0.15) is 33.1 Å². The van der Waals surface area contributed by atoms with Crippen molar-refractivity contribution >= 4 is 27.8 Å². The highest BCUT2D eigenvalue weighted by molar-refractivity contribution is 5.88. The molecule has 3 heteroatoms. The summed E-state index contributed by atoms with van der Waals surface area (Å²) < 4.78 is 0. The van der Waals surface area contributed by atoms with Gasteiger partial charge in [-0.05, 0) is 109 Å². The Labute approximate surface area is 261 Å². The molecule has 2 aliphatic rings. The molecule has 0 unspecified atom stereocenters. The zero-order chi connectivity index (χ0) is 30.5. The largest absolute Gasteiger partial charge is 0.345 e. The van der Waals surface area contributed by atoms with E-state index in [2.05, 4.69) is 158 Å². The van der Waals surface area contributed by atoms with Crippen molar-refractivity contribution in [1.82, 2.24) is 0 Å². The minimum absolute atomic E-state index is 0.646. The molecule has 0 aliphatic heterocycles. The summed E-state index contributed by atoms with van der Waals surface area (Å²) in [6.45, 7) is 4.33. The average Bonchev–Trinajstić information content (AvgIpc) is 3.32. The van der Waals surface area contributed by atoms with Crippen LogP contribution in [0.2, 0.25) is 0 Å². The van der Waals surface area contributed by atoms with Crippen LogP contribution in [-0.2, 0) is 0 Å². The van der Waals surface area contributed by atoms with Crippen LogP contribution >= 0.6 is 0 Å². The summed E-state index contributed by atoms with van der Waals surface area (Å²) in [5.74, 6) is 0. The molecular weight excluding hydrogens is 534 g/mol. The van der Waals surface area contributed by atoms with Gasteiger partial charge in [0, 0.05) is 47.5 Å². The maximum absolute atomic E-state index is 9.24. The molecule has 0 amide bonds. The molecule has 0 N–H and O–H groups in total. The first kappa shape index (κ1) is 28.8. The summed E-state index contributed by atoms with van der Waals surface area (Å²) in [4.78, 5) is 4.58. The summed E-state index contributed by atoms with van der Waals surface area (Å²) in [7, 11) is 2.07. The van der Waals surface area contributed by atoms with E-state index in [1.165, 1.54) is 44.4 Å². The van der Waals surface area contributed by atoms with E-state index in [0.717, 1.165) is 35.5 Å². The molecule has 4 aromatic carbocycles. The third-order valence-corrected chi connectivity index (χ3v) is 8.54. The van der Waals surface area contributed by atoms with Gasteiger partial charge in [-0.25, -0.2) is 0 Å². The Morgan fingerprint density at radius 1 is 0.795 bits per heavy atom. The van der Waals surface area contributed by atoms with Gasteiger partial charge in [-0.1, -0.05) is 84.5 Å². The second-order valence-electron chi connectivity index (χ2n) is 11.4. The molecule has 216 valence electrons. The molecule has 0 radical (unpaired) electrons. The number of nitrogens with zero attached hydrogens (tertiary/aromatic N) is 3. The molecule has 0 heterocycles. The minimum atomic E-state index is 0.646. The minimum Gasteiger partial charge on any atom is -0.345 e. The quantitative estimate of drug-likeness (QED) is 0.221. The molecule has 4 aromatic rings. The third kappa shape index (κ3) is 6.07. The topological polar surface area (TPSA) is 30.3 Å². The molecule has 0 saturated heterocycles. The van der Waals surface area contributed by atoms with Gasteiger partial charge >= 0.3 is 0 Å². The number of likely N-dealkylation sites (N-methyl/N-ethyl adjacent to an activating group) is 1. The van der Waals surface area contributed by atoms with Crippen molar-refractivity contribution in [3.05, 3.63) is 162 Å². The summed E-state index contributed by atoms with van der Waals surface area (Å²) in [5.41, 5.74) is 11.7. The van der Waals surface area contributed by atoms with Crippen LogP contribution in [0, 0.1) is 11.3 Å². The first-order chi connectivity index (χ1) is 21.5. The molecule has 2 aliphatic carbocycles. The van der Waals surface area contributed by atoms with Crippen molar-refractivity contribution in [2.75, 3.05) is 16.8 Å². The molecular formula is C41H37N3. The fourth-order valence-electron chi connectivity index (χ4n) is 5.95. The lowest BCUT2D eigenvalue weighted by Crippen LogP contribution is -2.18. The lowest BCUT2D eigenvalue weighted by atomic mass is 9.94. The predicted molar refractivity (Wildman–Crippen MR) is 187 cm³/mol. The number of allylic oxidation sites excluding steroid dienone is 11. The first-order valence-electron chi connectivity index (χ1n) is 15.3. The average molecular weight is 572 g/mol. The Hall–Kier alpha value is -5.33. The first-order valence-corrected chi connectivity index (χ1v) is 15.3. The van der Waals surface area contributed by atoms with Gasteiger partial charge in [0.25, 0.3) is 0 Å². The van der Waals surface area contributed by atoms with Crippen LogP contribution in [0.3, 0.4) is 0 Å². The Morgan fingerprint density at radius 3 is 2.18 bits per heavy atom. The second kappa shape index (κ2) is 12.9. The van der Waals surface area contributed by atoms with E-state index < -0.39 is 0 Å². The lowest BCUT2D eigenvalue weighted by Gasteiger charge is -2.31. The number of nitriles is 1. The Kier molecular flexibility index (Phi) is 8.43. The molecule has 0 atom stereocenters. The molecule has 0 spiro atoms. The van der Waals surface area contributed by atoms with E-state index >= 15 is 0 Å². The fourth-order valence-corrected chi connectivity index (χ4v) is 5.95. The molecule has 0 fully saturated rings. The van der Waals surface area contributed by atoms with Crippen LogP contribution in [0.25, 0.3) is 21.9 Å².